The average Bonchev–Trinajstić information content (AvgIpc) is 2.52. The molecule has 0 amide bonds. The van der Waals surface area contributed by atoms with Crippen LogP contribution >= 0.6 is 11.6 Å². The topological polar surface area (TPSA) is 116 Å². The highest BCUT2D eigenvalue weighted by Crippen LogP contribution is 2.16. The first-order chi connectivity index (χ1) is 10.8. The van der Waals surface area contributed by atoms with Crippen molar-refractivity contribution in [3.8, 4) is 0 Å². The van der Waals surface area contributed by atoms with Crippen LogP contribution < -0.4 is 4.72 Å². The molecular formula is C13H17ClN2O6S. The number of hydrogen-bond donors (Lipinski definition) is 1. The minimum atomic E-state index is -4.03. The van der Waals surface area contributed by atoms with Crippen LogP contribution in [0.4, 0.5) is 5.69 Å². The highest BCUT2D eigenvalue weighted by atomic mass is 35.5. The van der Waals surface area contributed by atoms with Gasteiger partial charge >= 0.3 is 5.97 Å². The van der Waals surface area contributed by atoms with Gasteiger partial charge in [-0.1, -0.05) is 6.92 Å². The maximum Gasteiger partial charge on any atom is 0.324 e. The number of nitro groups is 1. The minimum absolute atomic E-state index is 0.0642. The normalized spacial score (nSPS) is 12.6. The molecule has 0 spiro atoms. The molecule has 8 nitrogen and oxygen atoms in total. The number of non-ortho nitro benzene ring substituents is 1. The van der Waals surface area contributed by atoms with Crippen molar-refractivity contribution in [2.75, 3.05) is 12.5 Å². The van der Waals surface area contributed by atoms with E-state index in [1.54, 1.807) is 0 Å². The number of nitrogens with one attached hydrogen (secondary N) is 1. The first-order valence-corrected chi connectivity index (χ1v) is 8.83. The predicted octanol–water partition coefficient (Wildman–Crippen LogP) is 1.82. The third-order valence-electron chi connectivity index (χ3n) is 2.79. The van der Waals surface area contributed by atoms with E-state index in [1.165, 1.54) is 0 Å². The summed E-state index contributed by atoms with van der Waals surface area (Å²) in [5, 5.41) is 10.6. The Morgan fingerprint density at radius 1 is 1.39 bits per heavy atom. The zero-order valence-corrected chi connectivity index (χ0v) is 14.0. The molecule has 0 aliphatic rings. The van der Waals surface area contributed by atoms with E-state index in [9.17, 15) is 23.3 Å². The second-order valence-electron chi connectivity index (χ2n) is 4.57. The van der Waals surface area contributed by atoms with Crippen molar-refractivity contribution in [2.24, 2.45) is 0 Å². The summed E-state index contributed by atoms with van der Waals surface area (Å²) in [6.07, 6.45) is 0.671. The maximum absolute atomic E-state index is 12.2. The maximum atomic E-state index is 12.2. The van der Waals surface area contributed by atoms with E-state index >= 15 is 0 Å². The molecule has 0 bridgehead atoms. The number of nitro benzene ring substituents is 1. The molecule has 10 heteroatoms. The lowest BCUT2D eigenvalue weighted by Crippen LogP contribution is -2.42. The lowest BCUT2D eigenvalue weighted by molar-refractivity contribution is -0.384. The zero-order valence-electron chi connectivity index (χ0n) is 12.4. The number of sulfonamides is 1. The van der Waals surface area contributed by atoms with Crippen molar-refractivity contribution >= 4 is 33.3 Å². The van der Waals surface area contributed by atoms with Gasteiger partial charge < -0.3 is 4.74 Å². The number of benzene rings is 1. The molecule has 1 atom stereocenters. The van der Waals surface area contributed by atoms with Crippen LogP contribution in [-0.4, -0.2) is 37.8 Å². The molecule has 0 saturated heterocycles. The fourth-order valence-corrected chi connectivity index (χ4v) is 3.08. The van der Waals surface area contributed by atoms with E-state index in [4.69, 9.17) is 16.3 Å². The molecule has 0 fully saturated rings. The summed E-state index contributed by atoms with van der Waals surface area (Å²) in [5.41, 5.74) is -0.233. The van der Waals surface area contributed by atoms with E-state index < -0.39 is 27.0 Å². The molecule has 0 radical (unpaired) electrons. The first-order valence-electron chi connectivity index (χ1n) is 6.81. The zero-order chi connectivity index (χ0) is 17.5. The van der Waals surface area contributed by atoms with Crippen molar-refractivity contribution in [2.45, 2.75) is 30.7 Å². The van der Waals surface area contributed by atoms with Crippen molar-refractivity contribution < 1.29 is 22.9 Å². The smallest absolute Gasteiger partial charge is 0.324 e. The monoisotopic (exact) mass is 364 g/mol. The number of nitrogens with zero attached hydrogens (tertiary/aromatic N) is 1. The lowest BCUT2D eigenvalue weighted by Gasteiger charge is -2.16. The molecule has 0 aliphatic carbocycles. The molecule has 0 unspecified atom stereocenters. The standard InChI is InChI=1S/C13H17ClN2O6S/c1-2-9-22-13(17)12(7-8-14)15-23(20,21)11-5-3-10(4-6-11)16(18)19/h3-6,12,15H,2,7-9H2,1H3/t12-/m0/s1. The Labute approximate surface area is 139 Å². The number of alkyl halides is 1. The first kappa shape index (κ1) is 19.3. The summed E-state index contributed by atoms with van der Waals surface area (Å²) >= 11 is 5.59. The molecule has 0 aliphatic heterocycles. The van der Waals surface area contributed by atoms with E-state index in [2.05, 4.69) is 4.72 Å². The molecule has 0 heterocycles. The highest BCUT2D eigenvalue weighted by molar-refractivity contribution is 7.89. The van der Waals surface area contributed by atoms with Crippen LogP contribution in [0.15, 0.2) is 29.2 Å². The molecule has 128 valence electrons. The summed E-state index contributed by atoms with van der Waals surface area (Å²) < 4.78 is 31.6. The van der Waals surface area contributed by atoms with Crippen molar-refractivity contribution in [1.82, 2.24) is 4.72 Å². The van der Waals surface area contributed by atoms with Crippen LogP contribution in [0.1, 0.15) is 19.8 Å². The number of carbonyl (C=O) groups excluding carboxylic acids is 1. The van der Waals surface area contributed by atoms with Gasteiger partial charge in [-0.05, 0) is 25.0 Å². The second kappa shape index (κ2) is 8.80. The van der Waals surface area contributed by atoms with E-state index in [-0.39, 0.29) is 29.5 Å². The van der Waals surface area contributed by atoms with Gasteiger partial charge in [-0.2, -0.15) is 4.72 Å². The number of carbonyl (C=O) groups is 1. The third kappa shape index (κ3) is 5.77. The highest BCUT2D eigenvalue weighted by Gasteiger charge is 2.26. The molecule has 0 saturated carbocycles. The van der Waals surface area contributed by atoms with Crippen LogP contribution in [0.2, 0.25) is 0 Å². The lowest BCUT2D eigenvalue weighted by atomic mass is 10.2. The number of rotatable bonds is 9. The number of hydrogen-bond acceptors (Lipinski definition) is 6. The Balaban J connectivity index is 2.92. The average molecular weight is 365 g/mol. The van der Waals surface area contributed by atoms with Gasteiger partial charge in [-0.15, -0.1) is 11.6 Å². The molecule has 0 aromatic heterocycles. The number of esters is 1. The quantitative estimate of drug-likeness (QED) is 0.309. The van der Waals surface area contributed by atoms with Crippen LogP contribution in [0.25, 0.3) is 0 Å². The fourth-order valence-electron chi connectivity index (χ4n) is 1.64. The third-order valence-corrected chi connectivity index (χ3v) is 4.49. The number of ether oxygens (including phenoxy) is 1. The van der Waals surface area contributed by atoms with Gasteiger partial charge in [0.1, 0.15) is 6.04 Å². The Kier molecular flexibility index (Phi) is 7.40. The Morgan fingerprint density at radius 3 is 2.48 bits per heavy atom. The summed E-state index contributed by atoms with van der Waals surface area (Å²) in [6, 6.07) is 3.21. The van der Waals surface area contributed by atoms with Gasteiger partial charge in [0, 0.05) is 18.0 Å². The van der Waals surface area contributed by atoms with E-state index in [1.807, 2.05) is 6.92 Å². The van der Waals surface area contributed by atoms with Gasteiger partial charge in [0.25, 0.3) is 5.69 Å². The van der Waals surface area contributed by atoms with E-state index in [0.29, 0.717) is 6.42 Å². The summed E-state index contributed by atoms with van der Waals surface area (Å²) in [5.74, 6) is -0.646. The van der Waals surface area contributed by atoms with Gasteiger partial charge in [0.15, 0.2) is 0 Å². The van der Waals surface area contributed by atoms with Crippen molar-refractivity contribution in [3.63, 3.8) is 0 Å². The minimum Gasteiger partial charge on any atom is -0.465 e. The van der Waals surface area contributed by atoms with Gasteiger partial charge in [0.2, 0.25) is 10.0 Å². The van der Waals surface area contributed by atoms with Gasteiger partial charge in [-0.3, -0.25) is 14.9 Å². The molecular weight excluding hydrogens is 348 g/mol. The van der Waals surface area contributed by atoms with Crippen LogP contribution in [0, 0.1) is 10.1 Å². The van der Waals surface area contributed by atoms with Crippen LogP contribution in [0.5, 0.6) is 0 Å². The molecule has 1 aromatic carbocycles. The Hall–Kier alpha value is -1.71. The van der Waals surface area contributed by atoms with Crippen LogP contribution in [0.3, 0.4) is 0 Å². The summed E-state index contributed by atoms with van der Waals surface area (Å²) in [6.45, 7) is 1.99. The van der Waals surface area contributed by atoms with Gasteiger partial charge in [0.05, 0.1) is 16.4 Å². The number of halogens is 1. The largest absolute Gasteiger partial charge is 0.465 e. The SMILES string of the molecule is CCCOC(=O)[C@H](CCCl)NS(=O)(=O)c1ccc([N+](=O)[O-])cc1. The molecule has 1 rings (SSSR count). The Morgan fingerprint density at radius 2 is 2.00 bits per heavy atom. The molecule has 1 aromatic rings. The summed E-state index contributed by atoms with van der Waals surface area (Å²) in [7, 11) is -4.03. The molecule has 1 N–H and O–H groups in total. The van der Waals surface area contributed by atoms with E-state index in [0.717, 1.165) is 24.3 Å². The van der Waals surface area contributed by atoms with Crippen LogP contribution in [-0.2, 0) is 19.6 Å². The molecule has 23 heavy (non-hydrogen) atoms. The summed E-state index contributed by atoms with van der Waals surface area (Å²) in [4.78, 5) is 21.6. The predicted molar refractivity (Wildman–Crippen MR) is 83.8 cm³/mol. The second-order valence-corrected chi connectivity index (χ2v) is 6.66. The fraction of sp³-hybridized carbons (Fsp3) is 0.462. The van der Waals surface area contributed by atoms with Crippen molar-refractivity contribution in [1.29, 1.82) is 0 Å². The van der Waals surface area contributed by atoms with Crippen molar-refractivity contribution in [3.05, 3.63) is 34.4 Å². The van der Waals surface area contributed by atoms with Gasteiger partial charge in [-0.25, -0.2) is 8.42 Å². The Bertz CT molecular complexity index is 647.